The zero-order valence-corrected chi connectivity index (χ0v) is 12.9. The van der Waals surface area contributed by atoms with Crippen LogP contribution < -0.4 is 11.1 Å². The number of hydrogen-bond acceptors (Lipinski definition) is 2. The van der Waals surface area contributed by atoms with Crippen molar-refractivity contribution in [1.82, 2.24) is 0 Å². The van der Waals surface area contributed by atoms with Crippen molar-refractivity contribution >= 4 is 33.0 Å². The van der Waals surface area contributed by atoms with Gasteiger partial charge in [0.15, 0.2) is 0 Å². The van der Waals surface area contributed by atoms with Gasteiger partial charge in [-0.3, -0.25) is 0 Å². The Balaban J connectivity index is 2.42. The smallest absolute Gasteiger partial charge is 0.0618 e. The summed E-state index contributed by atoms with van der Waals surface area (Å²) in [5.74, 6) is 0. The summed E-state index contributed by atoms with van der Waals surface area (Å²) in [4.78, 5) is 0. The van der Waals surface area contributed by atoms with E-state index in [1.54, 1.807) is 0 Å². The lowest BCUT2D eigenvalue weighted by molar-refractivity contribution is 1.09. The minimum Gasteiger partial charge on any atom is -0.397 e. The van der Waals surface area contributed by atoms with Crippen molar-refractivity contribution in [3.8, 4) is 0 Å². The standard InChI is InChI=1S/C16H19BrN2/c1-3-11-6-5-7-12(4-2)16(11)19-15-9-8-13(17)10-14(15)18/h5-10,19H,3-4,18H2,1-2H3. The molecule has 0 radical (unpaired) electrons. The van der Waals surface area contributed by atoms with Gasteiger partial charge < -0.3 is 11.1 Å². The van der Waals surface area contributed by atoms with E-state index in [1.165, 1.54) is 16.8 Å². The average Bonchev–Trinajstić information content (AvgIpc) is 2.42. The third-order valence-corrected chi connectivity index (χ3v) is 3.77. The predicted molar refractivity (Wildman–Crippen MR) is 87.0 cm³/mol. The highest BCUT2D eigenvalue weighted by molar-refractivity contribution is 9.10. The molecule has 3 heteroatoms. The first-order valence-electron chi connectivity index (χ1n) is 6.58. The number of aryl methyl sites for hydroxylation is 2. The molecule has 0 aliphatic carbocycles. The maximum absolute atomic E-state index is 6.06. The number of halogens is 1. The van der Waals surface area contributed by atoms with Crippen molar-refractivity contribution in [3.05, 3.63) is 52.0 Å². The van der Waals surface area contributed by atoms with Gasteiger partial charge in [-0.15, -0.1) is 0 Å². The van der Waals surface area contributed by atoms with Gasteiger partial charge in [-0.25, -0.2) is 0 Å². The lowest BCUT2D eigenvalue weighted by Gasteiger charge is -2.16. The number of para-hydroxylation sites is 1. The second kappa shape index (κ2) is 6.11. The van der Waals surface area contributed by atoms with E-state index >= 15 is 0 Å². The van der Waals surface area contributed by atoms with E-state index in [0.717, 1.165) is 28.7 Å². The van der Waals surface area contributed by atoms with Gasteiger partial charge in [-0.05, 0) is 42.2 Å². The Hall–Kier alpha value is -1.48. The Bertz CT molecular complexity index is 557. The Morgan fingerprint density at radius 3 is 2.21 bits per heavy atom. The fourth-order valence-corrected chi connectivity index (χ4v) is 2.56. The second-order valence-electron chi connectivity index (χ2n) is 4.51. The number of nitrogen functional groups attached to an aromatic ring is 1. The SMILES string of the molecule is CCc1cccc(CC)c1Nc1ccc(Br)cc1N. The average molecular weight is 319 g/mol. The molecule has 3 N–H and O–H groups in total. The number of nitrogens with one attached hydrogen (secondary N) is 1. The first-order chi connectivity index (χ1) is 9.15. The van der Waals surface area contributed by atoms with Gasteiger partial charge in [-0.2, -0.15) is 0 Å². The monoisotopic (exact) mass is 318 g/mol. The maximum Gasteiger partial charge on any atom is 0.0618 e. The van der Waals surface area contributed by atoms with Crippen LogP contribution in [-0.4, -0.2) is 0 Å². The Kier molecular flexibility index (Phi) is 4.48. The molecule has 0 aliphatic heterocycles. The molecule has 100 valence electrons. The van der Waals surface area contributed by atoms with E-state index in [9.17, 15) is 0 Å². The summed E-state index contributed by atoms with van der Waals surface area (Å²) in [5.41, 5.74) is 11.6. The van der Waals surface area contributed by atoms with Crippen LogP contribution in [0, 0.1) is 0 Å². The molecule has 0 saturated carbocycles. The van der Waals surface area contributed by atoms with E-state index < -0.39 is 0 Å². The highest BCUT2D eigenvalue weighted by atomic mass is 79.9. The minimum atomic E-state index is 0.752. The van der Waals surface area contributed by atoms with Crippen LogP contribution in [0.25, 0.3) is 0 Å². The summed E-state index contributed by atoms with van der Waals surface area (Å²) in [7, 11) is 0. The van der Waals surface area contributed by atoms with Gasteiger partial charge in [0.25, 0.3) is 0 Å². The van der Waals surface area contributed by atoms with Crippen LogP contribution in [0.2, 0.25) is 0 Å². The normalized spacial score (nSPS) is 10.5. The van der Waals surface area contributed by atoms with E-state index in [1.807, 2.05) is 18.2 Å². The fraction of sp³-hybridized carbons (Fsp3) is 0.250. The lowest BCUT2D eigenvalue weighted by Crippen LogP contribution is -2.02. The molecule has 19 heavy (non-hydrogen) atoms. The Morgan fingerprint density at radius 1 is 1.05 bits per heavy atom. The first kappa shape index (κ1) is 13.9. The zero-order valence-electron chi connectivity index (χ0n) is 11.3. The van der Waals surface area contributed by atoms with Crippen molar-refractivity contribution in [3.63, 3.8) is 0 Å². The Morgan fingerprint density at radius 2 is 1.68 bits per heavy atom. The summed E-state index contributed by atoms with van der Waals surface area (Å²) >= 11 is 3.43. The highest BCUT2D eigenvalue weighted by Gasteiger charge is 2.08. The molecule has 2 rings (SSSR count). The molecular formula is C16H19BrN2. The van der Waals surface area contributed by atoms with Crippen LogP contribution >= 0.6 is 15.9 Å². The van der Waals surface area contributed by atoms with Crippen LogP contribution in [0.1, 0.15) is 25.0 Å². The minimum absolute atomic E-state index is 0.752. The van der Waals surface area contributed by atoms with Crippen molar-refractivity contribution in [2.75, 3.05) is 11.1 Å². The summed E-state index contributed by atoms with van der Waals surface area (Å²) in [6.07, 6.45) is 2.01. The quantitative estimate of drug-likeness (QED) is 0.787. The van der Waals surface area contributed by atoms with Gasteiger partial charge in [0.05, 0.1) is 11.4 Å². The van der Waals surface area contributed by atoms with Crippen molar-refractivity contribution in [2.45, 2.75) is 26.7 Å². The number of rotatable bonds is 4. The van der Waals surface area contributed by atoms with Gasteiger partial charge >= 0.3 is 0 Å². The van der Waals surface area contributed by atoms with E-state index in [2.05, 4.69) is 53.3 Å². The van der Waals surface area contributed by atoms with Gasteiger partial charge in [-0.1, -0.05) is 48.0 Å². The second-order valence-corrected chi connectivity index (χ2v) is 5.43. The van der Waals surface area contributed by atoms with Crippen molar-refractivity contribution in [2.24, 2.45) is 0 Å². The van der Waals surface area contributed by atoms with E-state index in [0.29, 0.717) is 0 Å². The van der Waals surface area contributed by atoms with E-state index in [-0.39, 0.29) is 0 Å². The molecule has 0 amide bonds. The van der Waals surface area contributed by atoms with Crippen molar-refractivity contribution in [1.29, 1.82) is 0 Å². The van der Waals surface area contributed by atoms with Gasteiger partial charge in [0.1, 0.15) is 0 Å². The third-order valence-electron chi connectivity index (χ3n) is 3.27. The molecule has 0 spiro atoms. The van der Waals surface area contributed by atoms with Gasteiger partial charge in [0, 0.05) is 10.2 Å². The third kappa shape index (κ3) is 3.10. The van der Waals surface area contributed by atoms with Crippen LogP contribution in [-0.2, 0) is 12.8 Å². The van der Waals surface area contributed by atoms with Crippen LogP contribution in [0.5, 0.6) is 0 Å². The summed E-state index contributed by atoms with van der Waals surface area (Å²) in [6.45, 7) is 4.34. The van der Waals surface area contributed by atoms with Crippen LogP contribution in [0.3, 0.4) is 0 Å². The number of hydrogen-bond donors (Lipinski definition) is 2. The topological polar surface area (TPSA) is 38.0 Å². The zero-order chi connectivity index (χ0) is 13.8. The molecule has 2 aromatic carbocycles. The molecule has 0 bridgehead atoms. The first-order valence-corrected chi connectivity index (χ1v) is 7.37. The molecule has 0 aromatic heterocycles. The molecule has 0 atom stereocenters. The molecule has 0 saturated heterocycles. The predicted octanol–water partition coefficient (Wildman–Crippen LogP) is 4.90. The summed E-state index contributed by atoms with van der Waals surface area (Å²) < 4.78 is 0.995. The molecule has 0 unspecified atom stereocenters. The largest absolute Gasteiger partial charge is 0.397 e. The highest BCUT2D eigenvalue weighted by Crippen LogP contribution is 2.30. The summed E-state index contributed by atoms with van der Waals surface area (Å²) in [5, 5.41) is 3.49. The molecule has 0 aliphatic rings. The molecule has 2 aromatic rings. The number of anilines is 3. The van der Waals surface area contributed by atoms with Crippen molar-refractivity contribution < 1.29 is 0 Å². The lowest BCUT2D eigenvalue weighted by atomic mass is 10.0. The van der Waals surface area contributed by atoms with Crippen LogP contribution in [0.4, 0.5) is 17.1 Å². The molecule has 0 fully saturated rings. The molecule has 0 heterocycles. The molecular weight excluding hydrogens is 300 g/mol. The maximum atomic E-state index is 6.06. The van der Waals surface area contributed by atoms with Crippen LogP contribution in [0.15, 0.2) is 40.9 Å². The summed E-state index contributed by atoms with van der Waals surface area (Å²) in [6, 6.07) is 12.4. The number of benzene rings is 2. The van der Waals surface area contributed by atoms with E-state index in [4.69, 9.17) is 5.73 Å². The fourth-order valence-electron chi connectivity index (χ4n) is 2.19. The van der Waals surface area contributed by atoms with Gasteiger partial charge in [0.2, 0.25) is 0 Å². The molecule has 2 nitrogen and oxygen atoms in total. The number of nitrogens with two attached hydrogens (primary N) is 1. The Labute approximate surface area is 123 Å².